The fourth-order valence-corrected chi connectivity index (χ4v) is 5.22. The number of benzene rings is 2. The summed E-state index contributed by atoms with van der Waals surface area (Å²) in [7, 11) is 1.68. The van der Waals surface area contributed by atoms with Crippen LogP contribution >= 0.6 is 23.1 Å². The number of amides is 1. The Kier molecular flexibility index (Phi) is 5.73. The molecule has 1 amide bonds. The number of carbonyl (C=O) groups excluding carboxylic acids is 1. The molecular formula is C21H23N3O2S2. The number of fused-ring (bicyclic) bond motifs is 1. The SMILES string of the molecule is COc1ccc(C)c2sc(N3CCN(C(=O)CSc4ccccc4)CC3)nc12. The maximum atomic E-state index is 12.5. The number of piperazine rings is 1. The number of anilines is 1. The average Bonchev–Trinajstić information content (AvgIpc) is 3.20. The summed E-state index contributed by atoms with van der Waals surface area (Å²) < 4.78 is 6.64. The second kappa shape index (κ2) is 8.41. The monoisotopic (exact) mass is 413 g/mol. The molecule has 1 fully saturated rings. The first-order chi connectivity index (χ1) is 13.7. The van der Waals surface area contributed by atoms with Gasteiger partial charge in [0.2, 0.25) is 5.91 Å². The number of aryl methyl sites for hydroxylation is 1. The van der Waals surface area contributed by atoms with Gasteiger partial charge < -0.3 is 14.5 Å². The van der Waals surface area contributed by atoms with Crippen LogP contribution in [-0.4, -0.2) is 54.8 Å². The highest BCUT2D eigenvalue weighted by Gasteiger charge is 2.24. The predicted octanol–water partition coefficient (Wildman–Crippen LogP) is 4.05. The Morgan fingerprint density at radius 3 is 2.61 bits per heavy atom. The normalized spacial score (nSPS) is 14.5. The fourth-order valence-electron chi connectivity index (χ4n) is 3.30. The molecule has 0 bridgehead atoms. The van der Waals surface area contributed by atoms with Gasteiger partial charge in [-0.2, -0.15) is 0 Å². The molecule has 0 N–H and O–H groups in total. The molecule has 3 aromatic rings. The highest BCUT2D eigenvalue weighted by atomic mass is 32.2. The van der Waals surface area contributed by atoms with E-state index in [2.05, 4.69) is 17.9 Å². The second-order valence-corrected chi connectivity index (χ2v) is 8.75. The van der Waals surface area contributed by atoms with Gasteiger partial charge in [0.1, 0.15) is 11.3 Å². The van der Waals surface area contributed by atoms with Gasteiger partial charge in [-0.25, -0.2) is 4.98 Å². The average molecular weight is 414 g/mol. The Morgan fingerprint density at radius 2 is 1.89 bits per heavy atom. The predicted molar refractivity (Wildman–Crippen MR) is 117 cm³/mol. The summed E-state index contributed by atoms with van der Waals surface area (Å²) >= 11 is 3.30. The molecule has 28 heavy (non-hydrogen) atoms. The first-order valence-electron chi connectivity index (χ1n) is 9.30. The molecule has 146 valence electrons. The minimum absolute atomic E-state index is 0.204. The van der Waals surface area contributed by atoms with Crippen molar-refractivity contribution in [2.45, 2.75) is 11.8 Å². The Labute approximate surface area is 173 Å². The molecule has 2 heterocycles. The maximum absolute atomic E-state index is 12.5. The third-order valence-electron chi connectivity index (χ3n) is 4.92. The first kappa shape index (κ1) is 19.1. The van der Waals surface area contributed by atoms with Crippen molar-refractivity contribution in [2.75, 3.05) is 43.9 Å². The van der Waals surface area contributed by atoms with E-state index in [1.807, 2.05) is 41.3 Å². The number of aromatic nitrogens is 1. The number of methoxy groups -OCH3 is 1. The number of carbonyl (C=O) groups is 1. The van der Waals surface area contributed by atoms with Crippen molar-refractivity contribution in [3.8, 4) is 5.75 Å². The lowest BCUT2D eigenvalue weighted by atomic mass is 10.2. The topological polar surface area (TPSA) is 45.7 Å². The summed E-state index contributed by atoms with van der Waals surface area (Å²) in [6.45, 7) is 5.19. The number of rotatable bonds is 5. The van der Waals surface area contributed by atoms with Gasteiger partial charge in [0.05, 0.1) is 17.6 Å². The van der Waals surface area contributed by atoms with Crippen LogP contribution in [0.4, 0.5) is 5.13 Å². The zero-order chi connectivity index (χ0) is 19.5. The summed E-state index contributed by atoms with van der Waals surface area (Å²) in [6.07, 6.45) is 0. The summed E-state index contributed by atoms with van der Waals surface area (Å²) in [5, 5.41) is 1.01. The number of hydrogen-bond donors (Lipinski definition) is 0. The van der Waals surface area contributed by atoms with Crippen molar-refractivity contribution in [3.05, 3.63) is 48.0 Å². The molecule has 0 unspecified atom stereocenters. The molecule has 7 heteroatoms. The quantitative estimate of drug-likeness (QED) is 0.591. The number of ether oxygens (including phenoxy) is 1. The van der Waals surface area contributed by atoms with Gasteiger partial charge in [0, 0.05) is 31.1 Å². The lowest BCUT2D eigenvalue weighted by Crippen LogP contribution is -2.49. The molecule has 0 radical (unpaired) electrons. The van der Waals surface area contributed by atoms with Crippen LogP contribution in [0.25, 0.3) is 10.2 Å². The van der Waals surface area contributed by atoms with Crippen molar-refractivity contribution >= 4 is 44.4 Å². The molecule has 4 rings (SSSR count). The zero-order valence-electron chi connectivity index (χ0n) is 16.1. The Balaban J connectivity index is 1.38. The van der Waals surface area contributed by atoms with Crippen molar-refractivity contribution in [1.29, 1.82) is 0 Å². The summed E-state index contributed by atoms with van der Waals surface area (Å²) in [6, 6.07) is 14.1. The Morgan fingerprint density at radius 1 is 1.14 bits per heavy atom. The van der Waals surface area contributed by atoms with Gasteiger partial charge >= 0.3 is 0 Å². The highest BCUT2D eigenvalue weighted by molar-refractivity contribution is 8.00. The van der Waals surface area contributed by atoms with Gasteiger partial charge in [-0.15, -0.1) is 11.8 Å². The van der Waals surface area contributed by atoms with E-state index in [0.717, 1.165) is 47.5 Å². The van der Waals surface area contributed by atoms with E-state index in [-0.39, 0.29) is 5.91 Å². The van der Waals surface area contributed by atoms with E-state index in [0.29, 0.717) is 5.75 Å². The smallest absolute Gasteiger partial charge is 0.233 e. The van der Waals surface area contributed by atoms with E-state index in [9.17, 15) is 4.79 Å². The lowest BCUT2D eigenvalue weighted by molar-refractivity contribution is -0.128. The molecule has 0 aliphatic carbocycles. The first-order valence-corrected chi connectivity index (χ1v) is 11.1. The molecule has 0 saturated carbocycles. The number of nitrogens with zero attached hydrogens (tertiary/aromatic N) is 3. The third-order valence-corrected chi connectivity index (χ3v) is 7.17. The van der Waals surface area contributed by atoms with Crippen molar-refractivity contribution < 1.29 is 9.53 Å². The summed E-state index contributed by atoms with van der Waals surface area (Å²) in [5.74, 6) is 1.51. The molecule has 0 atom stereocenters. The van der Waals surface area contributed by atoms with Gasteiger partial charge in [0.15, 0.2) is 5.13 Å². The standard InChI is InChI=1S/C21H23N3O2S2/c1-15-8-9-17(26-2)19-20(15)28-21(22-19)24-12-10-23(11-13-24)18(25)14-27-16-6-4-3-5-7-16/h3-9H,10-14H2,1-2H3. The van der Waals surface area contributed by atoms with Crippen LogP contribution in [0.1, 0.15) is 5.56 Å². The van der Waals surface area contributed by atoms with Crippen molar-refractivity contribution in [2.24, 2.45) is 0 Å². The fraction of sp³-hybridized carbons (Fsp3) is 0.333. The van der Waals surface area contributed by atoms with E-state index in [1.54, 1.807) is 30.2 Å². The molecule has 1 aliphatic rings. The van der Waals surface area contributed by atoms with Crippen LogP contribution in [0, 0.1) is 6.92 Å². The van der Waals surface area contributed by atoms with Crippen LogP contribution in [-0.2, 0) is 4.79 Å². The van der Waals surface area contributed by atoms with Gasteiger partial charge in [-0.3, -0.25) is 4.79 Å². The highest BCUT2D eigenvalue weighted by Crippen LogP contribution is 2.36. The maximum Gasteiger partial charge on any atom is 0.233 e. The molecule has 5 nitrogen and oxygen atoms in total. The Bertz CT molecular complexity index is 966. The number of hydrogen-bond acceptors (Lipinski definition) is 6. The minimum atomic E-state index is 0.204. The summed E-state index contributed by atoms with van der Waals surface area (Å²) in [4.78, 5) is 22.7. The molecule has 2 aromatic carbocycles. The third kappa shape index (κ3) is 3.95. The molecule has 1 aromatic heterocycles. The molecule has 1 saturated heterocycles. The largest absolute Gasteiger partial charge is 0.494 e. The van der Waals surface area contributed by atoms with Crippen LogP contribution in [0.3, 0.4) is 0 Å². The lowest BCUT2D eigenvalue weighted by Gasteiger charge is -2.34. The van der Waals surface area contributed by atoms with E-state index in [4.69, 9.17) is 9.72 Å². The zero-order valence-corrected chi connectivity index (χ0v) is 17.7. The minimum Gasteiger partial charge on any atom is -0.494 e. The Hall–Kier alpha value is -2.25. The number of thioether (sulfide) groups is 1. The van der Waals surface area contributed by atoms with Gasteiger partial charge in [0.25, 0.3) is 0 Å². The van der Waals surface area contributed by atoms with Crippen molar-refractivity contribution in [1.82, 2.24) is 9.88 Å². The van der Waals surface area contributed by atoms with Crippen LogP contribution < -0.4 is 9.64 Å². The van der Waals surface area contributed by atoms with Crippen LogP contribution in [0.5, 0.6) is 5.75 Å². The van der Waals surface area contributed by atoms with Crippen molar-refractivity contribution in [3.63, 3.8) is 0 Å². The van der Waals surface area contributed by atoms with E-state index in [1.165, 1.54) is 10.3 Å². The molecule has 0 spiro atoms. The van der Waals surface area contributed by atoms with Crippen LogP contribution in [0.2, 0.25) is 0 Å². The molecule has 1 aliphatic heterocycles. The van der Waals surface area contributed by atoms with E-state index >= 15 is 0 Å². The second-order valence-electron chi connectivity index (χ2n) is 6.73. The van der Waals surface area contributed by atoms with Gasteiger partial charge in [-0.05, 0) is 30.7 Å². The summed E-state index contributed by atoms with van der Waals surface area (Å²) in [5.41, 5.74) is 2.14. The number of thiazole rings is 1. The van der Waals surface area contributed by atoms with Gasteiger partial charge in [-0.1, -0.05) is 35.6 Å². The van der Waals surface area contributed by atoms with E-state index < -0.39 is 0 Å². The van der Waals surface area contributed by atoms with Crippen LogP contribution in [0.15, 0.2) is 47.4 Å². The molecular weight excluding hydrogens is 390 g/mol.